The fourth-order valence-corrected chi connectivity index (χ4v) is 2.11. The van der Waals surface area contributed by atoms with Gasteiger partial charge in [-0.3, -0.25) is 9.69 Å². The number of thiophene rings is 1. The van der Waals surface area contributed by atoms with Crippen LogP contribution in [0.3, 0.4) is 0 Å². The van der Waals surface area contributed by atoms with Crippen molar-refractivity contribution in [3.05, 3.63) is 21.9 Å². The maximum atomic E-state index is 10.9. The Morgan fingerprint density at radius 1 is 1.67 bits per heavy atom. The fourth-order valence-electron chi connectivity index (χ4n) is 1.17. The quantitative estimate of drug-likeness (QED) is 0.774. The average Bonchev–Trinajstić information content (AvgIpc) is 2.65. The third-order valence-corrected chi connectivity index (χ3v) is 3.36. The van der Waals surface area contributed by atoms with E-state index in [1.54, 1.807) is 16.7 Å². The molecule has 0 radical (unpaired) electrons. The molecule has 1 amide bonds. The molecule has 0 aliphatic rings. The summed E-state index contributed by atoms with van der Waals surface area (Å²) in [6.07, 6.45) is 0. The molecule has 1 heterocycles. The van der Waals surface area contributed by atoms with Crippen LogP contribution in [0.2, 0.25) is 0 Å². The molecule has 1 atom stereocenters. The molecule has 0 aromatic carbocycles. The molecule has 15 heavy (non-hydrogen) atoms. The molecule has 0 spiro atoms. The number of nitrogens with two attached hydrogens (primary N) is 2. The van der Waals surface area contributed by atoms with E-state index in [2.05, 4.69) is 11.8 Å². The van der Waals surface area contributed by atoms with Crippen LogP contribution in [-0.4, -0.2) is 30.4 Å². The van der Waals surface area contributed by atoms with Gasteiger partial charge in [-0.25, -0.2) is 0 Å². The van der Waals surface area contributed by atoms with Gasteiger partial charge in [-0.2, -0.15) is 0 Å². The van der Waals surface area contributed by atoms with Gasteiger partial charge in [0, 0.05) is 29.4 Å². The predicted octanol–water partition coefficient (Wildman–Crippen LogP) is 0.626. The second-order valence-corrected chi connectivity index (χ2v) is 4.66. The first kappa shape index (κ1) is 12.2. The van der Waals surface area contributed by atoms with E-state index in [1.807, 2.05) is 13.1 Å². The van der Waals surface area contributed by atoms with Crippen LogP contribution < -0.4 is 11.5 Å². The topological polar surface area (TPSA) is 72.3 Å². The van der Waals surface area contributed by atoms with E-state index >= 15 is 0 Å². The standard InChI is InChI=1S/C10H17N3OS/c1-7(4-11)13(2)5-9-3-8(6-15-9)10(12)14/h3,6-7H,4-5,11H2,1-2H3,(H2,12,14). The SMILES string of the molecule is CC(CN)N(C)Cc1cc(C(N)=O)cs1. The van der Waals surface area contributed by atoms with Crippen LogP contribution >= 0.6 is 11.3 Å². The number of primary amides is 1. The van der Waals surface area contributed by atoms with Crippen molar-refractivity contribution < 1.29 is 4.79 Å². The van der Waals surface area contributed by atoms with Gasteiger partial charge in [0.2, 0.25) is 5.91 Å². The second kappa shape index (κ2) is 5.25. The lowest BCUT2D eigenvalue weighted by molar-refractivity contribution is 0.100. The zero-order valence-corrected chi connectivity index (χ0v) is 9.88. The highest BCUT2D eigenvalue weighted by molar-refractivity contribution is 7.10. The van der Waals surface area contributed by atoms with Crippen molar-refractivity contribution in [3.63, 3.8) is 0 Å². The maximum absolute atomic E-state index is 10.9. The van der Waals surface area contributed by atoms with Crippen LogP contribution in [0, 0.1) is 0 Å². The molecular formula is C10H17N3OS. The zero-order valence-electron chi connectivity index (χ0n) is 9.06. The van der Waals surface area contributed by atoms with E-state index in [0.29, 0.717) is 18.2 Å². The number of hydrogen-bond acceptors (Lipinski definition) is 4. The van der Waals surface area contributed by atoms with Gasteiger partial charge < -0.3 is 11.5 Å². The summed E-state index contributed by atoms with van der Waals surface area (Å²) in [5.41, 5.74) is 11.3. The van der Waals surface area contributed by atoms with Crippen molar-refractivity contribution in [1.82, 2.24) is 4.90 Å². The zero-order chi connectivity index (χ0) is 11.4. The molecule has 1 aromatic rings. The first-order chi connectivity index (χ1) is 7.04. The van der Waals surface area contributed by atoms with Crippen molar-refractivity contribution >= 4 is 17.2 Å². The first-order valence-corrected chi connectivity index (χ1v) is 5.70. The number of rotatable bonds is 5. The maximum Gasteiger partial charge on any atom is 0.249 e. The van der Waals surface area contributed by atoms with Crippen molar-refractivity contribution in [2.45, 2.75) is 19.5 Å². The third kappa shape index (κ3) is 3.30. The van der Waals surface area contributed by atoms with Crippen LogP contribution in [-0.2, 0) is 6.54 Å². The number of carbonyl (C=O) groups excluding carboxylic acids is 1. The van der Waals surface area contributed by atoms with Gasteiger partial charge in [0.25, 0.3) is 0 Å². The molecule has 1 rings (SSSR count). The molecule has 0 fully saturated rings. The van der Waals surface area contributed by atoms with Crippen LogP contribution in [0.15, 0.2) is 11.4 Å². The first-order valence-electron chi connectivity index (χ1n) is 4.82. The highest BCUT2D eigenvalue weighted by atomic mass is 32.1. The van der Waals surface area contributed by atoms with Gasteiger partial charge in [0.15, 0.2) is 0 Å². The Kier molecular flexibility index (Phi) is 4.26. The minimum atomic E-state index is -0.368. The number of amides is 1. The van der Waals surface area contributed by atoms with E-state index < -0.39 is 0 Å². The highest BCUT2D eigenvalue weighted by Gasteiger charge is 2.10. The monoisotopic (exact) mass is 227 g/mol. The Bertz CT molecular complexity index is 337. The second-order valence-electron chi connectivity index (χ2n) is 3.67. The Hall–Kier alpha value is -0.910. The molecule has 0 aliphatic heterocycles. The van der Waals surface area contributed by atoms with Crippen molar-refractivity contribution in [1.29, 1.82) is 0 Å². The molecule has 1 aromatic heterocycles. The van der Waals surface area contributed by atoms with Crippen LogP contribution in [0.25, 0.3) is 0 Å². The largest absolute Gasteiger partial charge is 0.366 e. The molecule has 1 unspecified atom stereocenters. The van der Waals surface area contributed by atoms with Crippen molar-refractivity contribution in [2.24, 2.45) is 11.5 Å². The minimum Gasteiger partial charge on any atom is -0.366 e. The number of likely N-dealkylation sites (N-methyl/N-ethyl adjacent to an activating group) is 1. The van der Waals surface area contributed by atoms with Gasteiger partial charge >= 0.3 is 0 Å². The minimum absolute atomic E-state index is 0.337. The Labute approximate surface area is 93.9 Å². The summed E-state index contributed by atoms with van der Waals surface area (Å²) in [5.74, 6) is -0.368. The molecule has 84 valence electrons. The average molecular weight is 227 g/mol. The molecular weight excluding hydrogens is 210 g/mol. The summed E-state index contributed by atoms with van der Waals surface area (Å²) < 4.78 is 0. The summed E-state index contributed by atoms with van der Waals surface area (Å²) in [6.45, 7) is 3.50. The van der Waals surface area contributed by atoms with E-state index in [4.69, 9.17) is 11.5 Å². The van der Waals surface area contributed by atoms with E-state index in [1.165, 1.54) is 0 Å². The molecule has 0 saturated carbocycles. The van der Waals surface area contributed by atoms with Gasteiger partial charge in [0.1, 0.15) is 0 Å². The van der Waals surface area contributed by atoms with Gasteiger partial charge in [-0.15, -0.1) is 11.3 Å². The van der Waals surface area contributed by atoms with Crippen LogP contribution in [0.4, 0.5) is 0 Å². The normalized spacial score (nSPS) is 13.1. The summed E-state index contributed by atoms with van der Waals surface area (Å²) in [7, 11) is 2.02. The lowest BCUT2D eigenvalue weighted by Gasteiger charge is -2.22. The number of nitrogens with zero attached hydrogens (tertiary/aromatic N) is 1. The molecule has 5 heteroatoms. The molecule has 4 nitrogen and oxygen atoms in total. The number of hydrogen-bond donors (Lipinski definition) is 2. The highest BCUT2D eigenvalue weighted by Crippen LogP contribution is 2.16. The van der Waals surface area contributed by atoms with E-state index in [9.17, 15) is 4.79 Å². The molecule has 4 N–H and O–H groups in total. The Morgan fingerprint density at radius 2 is 2.33 bits per heavy atom. The van der Waals surface area contributed by atoms with Gasteiger partial charge in [-0.1, -0.05) is 0 Å². The molecule has 0 bridgehead atoms. The molecule has 0 saturated heterocycles. The van der Waals surface area contributed by atoms with Crippen molar-refractivity contribution in [2.75, 3.05) is 13.6 Å². The number of carbonyl (C=O) groups is 1. The van der Waals surface area contributed by atoms with Gasteiger partial charge in [-0.05, 0) is 20.0 Å². The molecule has 0 aliphatic carbocycles. The van der Waals surface area contributed by atoms with E-state index in [-0.39, 0.29) is 5.91 Å². The lowest BCUT2D eigenvalue weighted by Crippen LogP contribution is -2.34. The summed E-state index contributed by atoms with van der Waals surface area (Å²) in [4.78, 5) is 14.2. The van der Waals surface area contributed by atoms with Crippen LogP contribution in [0.5, 0.6) is 0 Å². The summed E-state index contributed by atoms with van der Waals surface area (Å²) in [6, 6.07) is 2.18. The van der Waals surface area contributed by atoms with Crippen molar-refractivity contribution in [3.8, 4) is 0 Å². The smallest absolute Gasteiger partial charge is 0.249 e. The van der Waals surface area contributed by atoms with Gasteiger partial charge in [0.05, 0.1) is 5.56 Å². The lowest BCUT2D eigenvalue weighted by atomic mass is 10.2. The Balaban J connectivity index is 2.61. The summed E-state index contributed by atoms with van der Waals surface area (Å²) >= 11 is 1.55. The third-order valence-electron chi connectivity index (χ3n) is 2.44. The summed E-state index contributed by atoms with van der Waals surface area (Å²) in [5, 5.41) is 1.79. The predicted molar refractivity (Wildman–Crippen MR) is 62.8 cm³/mol. The Morgan fingerprint density at radius 3 is 2.80 bits per heavy atom. The van der Waals surface area contributed by atoms with E-state index in [0.717, 1.165) is 11.4 Å². The fraction of sp³-hybridized carbons (Fsp3) is 0.500. The van der Waals surface area contributed by atoms with Crippen LogP contribution in [0.1, 0.15) is 22.2 Å².